The number of anilines is 1. The smallest absolute Gasteiger partial charge is 0.322 e. The molecule has 1 aliphatic rings. The van der Waals surface area contributed by atoms with Crippen molar-refractivity contribution in [3.05, 3.63) is 5.28 Å². The molecule has 17 heavy (non-hydrogen) atoms. The summed E-state index contributed by atoms with van der Waals surface area (Å²) in [6.45, 7) is 3.33. The molecule has 2 rings (SSSR count). The number of aliphatic hydroxyl groups is 1. The fourth-order valence-corrected chi connectivity index (χ4v) is 2.07. The first-order valence-electron chi connectivity index (χ1n) is 5.48. The van der Waals surface area contributed by atoms with Gasteiger partial charge in [-0.1, -0.05) is 0 Å². The number of aromatic nitrogens is 3. The first-order chi connectivity index (χ1) is 8.10. The lowest BCUT2D eigenvalue weighted by Gasteiger charge is -2.17. The Morgan fingerprint density at radius 2 is 2.24 bits per heavy atom. The van der Waals surface area contributed by atoms with Crippen molar-refractivity contribution in [1.82, 2.24) is 15.0 Å². The molecule has 1 aromatic heterocycles. The van der Waals surface area contributed by atoms with Crippen molar-refractivity contribution < 1.29 is 9.84 Å². The van der Waals surface area contributed by atoms with Gasteiger partial charge in [0.1, 0.15) is 0 Å². The standard InChI is InChI=1S/C10H15ClN4O2/c1-6(16)7-3-4-15(5-7)9-12-8(11)13-10(14-9)17-2/h6-7,16H,3-5H2,1-2H3. The second-order valence-corrected chi connectivity index (χ2v) is 4.46. The van der Waals surface area contributed by atoms with Gasteiger partial charge < -0.3 is 14.7 Å². The third kappa shape index (κ3) is 2.76. The molecule has 1 N–H and O–H groups in total. The molecule has 7 heteroatoms. The highest BCUT2D eigenvalue weighted by Gasteiger charge is 2.28. The van der Waals surface area contributed by atoms with Crippen LogP contribution in [0.15, 0.2) is 0 Å². The molecule has 0 amide bonds. The molecule has 6 nitrogen and oxygen atoms in total. The zero-order valence-corrected chi connectivity index (χ0v) is 10.6. The van der Waals surface area contributed by atoms with Crippen LogP contribution in [0, 0.1) is 5.92 Å². The molecule has 0 radical (unpaired) electrons. The third-order valence-corrected chi connectivity index (χ3v) is 3.12. The molecule has 1 fully saturated rings. The molecule has 2 heterocycles. The van der Waals surface area contributed by atoms with Crippen molar-refractivity contribution in [3.8, 4) is 6.01 Å². The zero-order valence-electron chi connectivity index (χ0n) is 9.80. The van der Waals surface area contributed by atoms with E-state index >= 15 is 0 Å². The van der Waals surface area contributed by atoms with Crippen molar-refractivity contribution >= 4 is 17.5 Å². The minimum absolute atomic E-state index is 0.118. The molecule has 0 aliphatic carbocycles. The lowest BCUT2D eigenvalue weighted by atomic mass is 10.0. The van der Waals surface area contributed by atoms with Crippen LogP contribution in [0.2, 0.25) is 5.28 Å². The average Bonchev–Trinajstić information content (AvgIpc) is 2.77. The predicted molar refractivity (Wildman–Crippen MR) is 63.4 cm³/mol. The minimum atomic E-state index is -0.320. The molecule has 0 aromatic carbocycles. The number of methoxy groups -OCH3 is 1. The quantitative estimate of drug-likeness (QED) is 0.862. The lowest BCUT2D eigenvalue weighted by Crippen LogP contribution is -2.25. The summed E-state index contributed by atoms with van der Waals surface area (Å²) < 4.78 is 4.95. The summed E-state index contributed by atoms with van der Waals surface area (Å²) in [6, 6.07) is 0.209. The first-order valence-corrected chi connectivity index (χ1v) is 5.86. The first kappa shape index (κ1) is 12.3. The number of rotatable bonds is 3. The van der Waals surface area contributed by atoms with E-state index in [0.717, 1.165) is 19.5 Å². The second kappa shape index (κ2) is 5.01. The summed E-state index contributed by atoms with van der Waals surface area (Å²) in [5, 5.41) is 9.66. The number of aliphatic hydroxyl groups excluding tert-OH is 1. The molecule has 94 valence electrons. The molecule has 0 spiro atoms. The van der Waals surface area contributed by atoms with Crippen LogP contribution in [0.4, 0.5) is 5.95 Å². The summed E-state index contributed by atoms with van der Waals surface area (Å²) in [5.41, 5.74) is 0. The van der Waals surface area contributed by atoms with Gasteiger partial charge in [-0.05, 0) is 24.9 Å². The summed E-state index contributed by atoms with van der Waals surface area (Å²) in [5.74, 6) is 0.751. The van der Waals surface area contributed by atoms with Crippen LogP contribution in [0.5, 0.6) is 6.01 Å². The molecule has 0 saturated carbocycles. The second-order valence-electron chi connectivity index (χ2n) is 4.13. The van der Waals surface area contributed by atoms with E-state index < -0.39 is 0 Å². The molecule has 1 saturated heterocycles. The van der Waals surface area contributed by atoms with Crippen LogP contribution in [0.25, 0.3) is 0 Å². The van der Waals surface area contributed by atoms with Crippen LogP contribution in [0.1, 0.15) is 13.3 Å². The number of nitrogens with zero attached hydrogens (tertiary/aromatic N) is 4. The molecule has 2 unspecified atom stereocenters. The largest absolute Gasteiger partial charge is 0.467 e. The highest BCUT2D eigenvalue weighted by atomic mass is 35.5. The van der Waals surface area contributed by atoms with Crippen molar-refractivity contribution in [2.75, 3.05) is 25.1 Å². The Morgan fingerprint density at radius 1 is 1.47 bits per heavy atom. The Morgan fingerprint density at radius 3 is 2.82 bits per heavy atom. The SMILES string of the molecule is COc1nc(Cl)nc(N2CCC(C(C)O)C2)n1. The summed E-state index contributed by atoms with van der Waals surface area (Å²) in [6.07, 6.45) is 0.600. The summed E-state index contributed by atoms with van der Waals surface area (Å²) in [4.78, 5) is 14.0. The molecule has 1 aliphatic heterocycles. The van der Waals surface area contributed by atoms with Gasteiger partial charge in [0.05, 0.1) is 13.2 Å². The van der Waals surface area contributed by atoms with Gasteiger partial charge in [-0.25, -0.2) is 0 Å². The maximum atomic E-state index is 9.54. The normalized spacial score (nSPS) is 21.6. The van der Waals surface area contributed by atoms with Crippen LogP contribution in [-0.2, 0) is 0 Å². The number of halogens is 1. The van der Waals surface area contributed by atoms with Gasteiger partial charge in [0, 0.05) is 19.0 Å². The zero-order chi connectivity index (χ0) is 12.4. The maximum absolute atomic E-state index is 9.54. The Hall–Kier alpha value is -1.14. The summed E-state index contributed by atoms with van der Waals surface area (Å²) in [7, 11) is 1.48. The predicted octanol–water partition coefficient (Wildman–Crippen LogP) is 0.741. The van der Waals surface area contributed by atoms with Crippen LogP contribution in [0.3, 0.4) is 0 Å². The fraction of sp³-hybridized carbons (Fsp3) is 0.700. The van der Waals surface area contributed by atoms with Crippen LogP contribution >= 0.6 is 11.6 Å². The van der Waals surface area contributed by atoms with E-state index in [-0.39, 0.29) is 23.3 Å². The average molecular weight is 259 g/mol. The third-order valence-electron chi connectivity index (χ3n) is 2.95. The van der Waals surface area contributed by atoms with Crippen molar-refractivity contribution in [2.24, 2.45) is 5.92 Å². The Bertz CT molecular complexity index is 402. The van der Waals surface area contributed by atoms with Crippen LogP contribution in [-0.4, -0.2) is 46.4 Å². The molecule has 0 bridgehead atoms. The highest BCUT2D eigenvalue weighted by molar-refractivity contribution is 6.28. The van der Waals surface area contributed by atoms with E-state index in [1.54, 1.807) is 6.92 Å². The minimum Gasteiger partial charge on any atom is -0.467 e. The number of hydrogen-bond acceptors (Lipinski definition) is 6. The Labute approximate surface area is 105 Å². The molecule has 1 aromatic rings. The molecule has 2 atom stereocenters. The van der Waals surface area contributed by atoms with E-state index in [1.165, 1.54) is 7.11 Å². The van der Waals surface area contributed by atoms with E-state index in [4.69, 9.17) is 16.3 Å². The maximum Gasteiger partial charge on any atom is 0.322 e. The van der Waals surface area contributed by atoms with Gasteiger partial charge in [-0.2, -0.15) is 15.0 Å². The molecular weight excluding hydrogens is 244 g/mol. The van der Waals surface area contributed by atoms with Crippen molar-refractivity contribution in [1.29, 1.82) is 0 Å². The summed E-state index contributed by atoms with van der Waals surface area (Å²) >= 11 is 5.79. The van der Waals surface area contributed by atoms with Crippen molar-refractivity contribution in [3.63, 3.8) is 0 Å². The Balaban J connectivity index is 2.15. The van der Waals surface area contributed by atoms with Crippen LogP contribution < -0.4 is 9.64 Å². The van der Waals surface area contributed by atoms with E-state index in [9.17, 15) is 5.11 Å². The van der Waals surface area contributed by atoms with Gasteiger partial charge in [0.25, 0.3) is 0 Å². The monoisotopic (exact) mass is 258 g/mol. The van der Waals surface area contributed by atoms with Gasteiger partial charge in [0.15, 0.2) is 0 Å². The highest BCUT2D eigenvalue weighted by Crippen LogP contribution is 2.24. The lowest BCUT2D eigenvalue weighted by molar-refractivity contribution is 0.136. The van der Waals surface area contributed by atoms with Gasteiger partial charge in [0.2, 0.25) is 11.2 Å². The van der Waals surface area contributed by atoms with Crippen molar-refractivity contribution in [2.45, 2.75) is 19.4 Å². The molecular formula is C10H15ClN4O2. The fourth-order valence-electron chi connectivity index (χ4n) is 1.92. The number of hydrogen-bond donors (Lipinski definition) is 1. The van der Waals surface area contributed by atoms with E-state index in [1.807, 2.05) is 4.90 Å². The van der Waals surface area contributed by atoms with Gasteiger partial charge in [-0.15, -0.1) is 0 Å². The number of ether oxygens (including phenoxy) is 1. The Kier molecular flexibility index (Phi) is 3.63. The van der Waals surface area contributed by atoms with Gasteiger partial charge in [-0.3, -0.25) is 0 Å². The topological polar surface area (TPSA) is 71.4 Å². The van der Waals surface area contributed by atoms with E-state index in [0.29, 0.717) is 5.95 Å². The van der Waals surface area contributed by atoms with Gasteiger partial charge >= 0.3 is 6.01 Å². The van der Waals surface area contributed by atoms with E-state index in [2.05, 4.69) is 15.0 Å².